The minimum Gasteiger partial charge on any atom is -0.497 e. The van der Waals surface area contributed by atoms with Crippen molar-refractivity contribution in [3.63, 3.8) is 0 Å². The minimum atomic E-state index is -1.06. The molecule has 0 atom stereocenters. The summed E-state index contributed by atoms with van der Waals surface area (Å²) in [6.07, 6.45) is 5.20. The second-order valence-electron chi connectivity index (χ2n) is 6.41. The average Bonchev–Trinajstić information content (AvgIpc) is 2.45. The molecule has 0 saturated carbocycles. The maximum Gasteiger partial charge on any atom is 0.118 e. The van der Waals surface area contributed by atoms with E-state index in [2.05, 4.69) is 32.3 Å². The van der Waals surface area contributed by atoms with Gasteiger partial charge in [0.15, 0.2) is 0 Å². The molecule has 0 spiro atoms. The zero-order valence-corrected chi connectivity index (χ0v) is 14.8. The summed E-state index contributed by atoms with van der Waals surface area (Å²) in [5.41, 5.74) is 2.54. The number of hydrogen-bond donors (Lipinski definition) is 0. The van der Waals surface area contributed by atoms with Crippen molar-refractivity contribution in [1.82, 2.24) is 0 Å². The van der Waals surface area contributed by atoms with Crippen LogP contribution in [-0.4, -0.2) is 21.8 Å². The topological polar surface area (TPSA) is 18.5 Å². The van der Waals surface area contributed by atoms with Crippen LogP contribution in [0.1, 0.15) is 12.0 Å². The SMILES string of the molecule is C=C/C(=C/CCOCc1ccc(OC)cc1)C[Si](C)(C)C. The third-order valence-electron chi connectivity index (χ3n) is 3.09. The largest absolute Gasteiger partial charge is 0.497 e. The van der Waals surface area contributed by atoms with E-state index in [4.69, 9.17) is 9.47 Å². The van der Waals surface area contributed by atoms with Gasteiger partial charge in [-0.15, -0.1) is 0 Å². The van der Waals surface area contributed by atoms with Gasteiger partial charge in [-0.05, 0) is 30.2 Å². The predicted molar refractivity (Wildman–Crippen MR) is 93.7 cm³/mol. The number of rotatable bonds is 9. The van der Waals surface area contributed by atoms with Gasteiger partial charge in [0.05, 0.1) is 20.3 Å². The summed E-state index contributed by atoms with van der Waals surface area (Å²) in [5, 5.41) is 0. The molecule has 0 radical (unpaired) electrons. The van der Waals surface area contributed by atoms with Crippen LogP contribution < -0.4 is 4.74 Å². The van der Waals surface area contributed by atoms with Crippen molar-refractivity contribution < 1.29 is 9.47 Å². The molecule has 0 aromatic heterocycles. The van der Waals surface area contributed by atoms with E-state index in [-0.39, 0.29) is 0 Å². The molecule has 1 aromatic carbocycles. The summed E-state index contributed by atoms with van der Waals surface area (Å²) in [7, 11) is 0.612. The third-order valence-corrected chi connectivity index (χ3v) is 4.56. The minimum absolute atomic E-state index is 0.648. The molecule has 0 fully saturated rings. The highest BCUT2D eigenvalue weighted by atomic mass is 28.3. The van der Waals surface area contributed by atoms with Gasteiger partial charge in [-0.25, -0.2) is 0 Å². The molecule has 0 aliphatic rings. The van der Waals surface area contributed by atoms with Crippen LogP contribution in [0.2, 0.25) is 25.7 Å². The summed E-state index contributed by atoms with van der Waals surface area (Å²) in [6.45, 7) is 12.4. The summed E-state index contributed by atoms with van der Waals surface area (Å²) < 4.78 is 10.8. The van der Waals surface area contributed by atoms with Gasteiger partial charge in [0.1, 0.15) is 5.75 Å². The van der Waals surface area contributed by atoms with Crippen molar-refractivity contribution in [3.05, 3.63) is 54.1 Å². The number of benzene rings is 1. The molecule has 1 rings (SSSR count). The maximum atomic E-state index is 5.71. The summed E-state index contributed by atoms with van der Waals surface area (Å²) in [6, 6.07) is 9.18. The van der Waals surface area contributed by atoms with Crippen molar-refractivity contribution >= 4 is 8.07 Å². The van der Waals surface area contributed by atoms with Crippen LogP contribution in [0.4, 0.5) is 0 Å². The number of ether oxygens (including phenoxy) is 2. The van der Waals surface area contributed by atoms with Crippen LogP contribution in [0.5, 0.6) is 5.75 Å². The lowest BCUT2D eigenvalue weighted by atomic mass is 10.2. The molecule has 0 aliphatic heterocycles. The van der Waals surface area contributed by atoms with E-state index in [1.165, 1.54) is 17.2 Å². The Morgan fingerprint density at radius 3 is 2.38 bits per heavy atom. The van der Waals surface area contributed by atoms with E-state index in [0.717, 1.165) is 18.8 Å². The monoisotopic (exact) mass is 304 g/mol. The molecular weight excluding hydrogens is 276 g/mol. The smallest absolute Gasteiger partial charge is 0.118 e. The second-order valence-corrected chi connectivity index (χ2v) is 11.9. The van der Waals surface area contributed by atoms with Gasteiger partial charge < -0.3 is 9.47 Å². The third kappa shape index (κ3) is 7.88. The quantitative estimate of drug-likeness (QED) is 0.361. The highest BCUT2D eigenvalue weighted by Crippen LogP contribution is 2.17. The van der Waals surface area contributed by atoms with E-state index >= 15 is 0 Å². The molecule has 0 heterocycles. The van der Waals surface area contributed by atoms with Crippen molar-refractivity contribution in [2.24, 2.45) is 0 Å². The first-order valence-electron chi connectivity index (χ1n) is 7.47. The van der Waals surface area contributed by atoms with Gasteiger partial charge in [0.2, 0.25) is 0 Å². The lowest BCUT2D eigenvalue weighted by molar-refractivity contribution is 0.125. The van der Waals surface area contributed by atoms with Crippen molar-refractivity contribution in [2.45, 2.75) is 38.7 Å². The van der Waals surface area contributed by atoms with E-state index in [1.54, 1.807) is 7.11 Å². The molecule has 0 saturated heterocycles. The molecule has 0 N–H and O–H groups in total. The first-order valence-corrected chi connectivity index (χ1v) is 11.2. The summed E-state index contributed by atoms with van der Waals surface area (Å²) >= 11 is 0. The van der Waals surface area contributed by atoms with Gasteiger partial charge in [0, 0.05) is 8.07 Å². The van der Waals surface area contributed by atoms with Crippen molar-refractivity contribution in [1.29, 1.82) is 0 Å². The van der Waals surface area contributed by atoms with Gasteiger partial charge in [-0.2, -0.15) is 0 Å². The fourth-order valence-electron chi connectivity index (χ4n) is 2.08. The second kappa shape index (κ2) is 8.85. The molecule has 3 heteroatoms. The van der Waals surface area contributed by atoms with Gasteiger partial charge in [-0.3, -0.25) is 0 Å². The van der Waals surface area contributed by atoms with Gasteiger partial charge in [0.25, 0.3) is 0 Å². The average molecular weight is 305 g/mol. The summed E-state index contributed by atoms with van der Waals surface area (Å²) in [4.78, 5) is 0. The molecule has 21 heavy (non-hydrogen) atoms. The Hall–Kier alpha value is -1.32. The molecule has 0 aliphatic carbocycles. The lowest BCUT2D eigenvalue weighted by Crippen LogP contribution is -2.19. The van der Waals surface area contributed by atoms with Crippen LogP contribution in [0, 0.1) is 0 Å². The molecule has 116 valence electrons. The zero-order valence-electron chi connectivity index (χ0n) is 13.8. The van der Waals surface area contributed by atoms with Crippen LogP contribution in [0.3, 0.4) is 0 Å². The first kappa shape index (κ1) is 17.7. The molecule has 1 aromatic rings. The summed E-state index contributed by atoms with van der Waals surface area (Å²) in [5.74, 6) is 0.878. The number of allylic oxidation sites excluding steroid dienone is 2. The number of hydrogen-bond acceptors (Lipinski definition) is 2. The van der Waals surface area contributed by atoms with E-state index in [1.807, 2.05) is 30.3 Å². The first-order chi connectivity index (χ1) is 9.94. The Morgan fingerprint density at radius 1 is 1.19 bits per heavy atom. The van der Waals surface area contributed by atoms with Gasteiger partial charge in [-0.1, -0.05) is 56.1 Å². The zero-order chi connectivity index (χ0) is 15.7. The maximum absolute atomic E-state index is 5.71. The molecule has 2 nitrogen and oxygen atoms in total. The fraction of sp³-hybridized carbons (Fsp3) is 0.444. The predicted octanol–water partition coefficient (Wildman–Crippen LogP) is 5.05. The highest BCUT2D eigenvalue weighted by molar-refractivity contribution is 6.76. The number of methoxy groups -OCH3 is 1. The van der Waals surface area contributed by atoms with E-state index < -0.39 is 8.07 Å². The van der Waals surface area contributed by atoms with Crippen LogP contribution in [-0.2, 0) is 11.3 Å². The normalized spacial score (nSPS) is 12.3. The Kier molecular flexibility index (Phi) is 7.47. The molecule has 0 bridgehead atoms. The van der Waals surface area contributed by atoms with Crippen LogP contribution in [0.15, 0.2) is 48.6 Å². The Bertz CT molecular complexity index is 455. The Morgan fingerprint density at radius 2 is 1.86 bits per heavy atom. The Labute approximate surface area is 130 Å². The van der Waals surface area contributed by atoms with Crippen molar-refractivity contribution in [2.75, 3.05) is 13.7 Å². The van der Waals surface area contributed by atoms with Crippen LogP contribution in [0.25, 0.3) is 0 Å². The van der Waals surface area contributed by atoms with Crippen LogP contribution >= 0.6 is 0 Å². The standard InChI is InChI=1S/C18H28O2Si/c1-6-16(15-21(3,4)5)8-7-13-20-14-17-9-11-18(19-2)12-10-17/h6,8-12H,1,7,13-15H2,2-5H3/b16-8-. The van der Waals surface area contributed by atoms with Crippen molar-refractivity contribution in [3.8, 4) is 5.75 Å². The van der Waals surface area contributed by atoms with Gasteiger partial charge >= 0.3 is 0 Å². The molecule has 0 amide bonds. The Balaban J connectivity index is 2.30. The van der Waals surface area contributed by atoms with E-state index in [9.17, 15) is 0 Å². The highest BCUT2D eigenvalue weighted by Gasteiger charge is 2.13. The molecule has 0 unspecified atom stereocenters. The molecular formula is C18H28O2Si. The van der Waals surface area contributed by atoms with E-state index in [0.29, 0.717) is 6.61 Å². The lowest BCUT2D eigenvalue weighted by Gasteiger charge is -2.16. The fourth-order valence-corrected chi connectivity index (χ4v) is 3.59.